The summed E-state index contributed by atoms with van der Waals surface area (Å²) in [6, 6.07) is 11.2. The molecule has 4 atom stereocenters. The lowest BCUT2D eigenvalue weighted by Crippen LogP contribution is -2.36. The van der Waals surface area contributed by atoms with E-state index in [9.17, 15) is 19.8 Å². The molecule has 0 heterocycles. The van der Waals surface area contributed by atoms with Gasteiger partial charge in [-0.3, -0.25) is 9.59 Å². The maximum atomic E-state index is 11.7. The third kappa shape index (κ3) is 4.08. The molecule has 0 aromatic heterocycles. The Labute approximate surface area is 201 Å². The van der Waals surface area contributed by atoms with Gasteiger partial charge in [-0.2, -0.15) is 0 Å². The smallest absolute Gasteiger partial charge is 0.156 e. The van der Waals surface area contributed by atoms with Gasteiger partial charge < -0.3 is 10.2 Å². The standard InChI is InChI=1S/C15H18O2.C15H16O2/c2*1-15-6-4-10-8-11(16)2-3-13(10)14(15)9-12(17)5-7-15/h2-3,8,14,16H,4-7,9H2,1H3;2-3,5,7-8,14,16H,4,6,9H2,1H3/t2*14-,15+/m11/s1. The minimum Gasteiger partial charge on any atom is -0.508 e. The highest BCUT2D eigenvalue weighted by Gasteiger charge is 2.43. The lowest BCUT2D eigenvalue weighted by Gasteiger charge is -2.45. The van der Waals surface area contributed by atoms with E-state index in [1.165, 1.54) is 22.3 Å². The van der Waals surface area contributed by atoms with Gasteiger partial charge in [0.15, 0.2) is 5.78 Å². The predicted molar refractivity (Wildman–Crippen MR) is 132 cm³/mol. The van der Waals surface area contributed by atoms with Crippen LogP contribution in [0.4, 0.5) is 0 Å². The van der Waals surface area contributed by atoms with Crippen LogP contribution in [0.25, 0.3) is 0 Å². The lowest BCUT2D eigenvalue weighted by molar-refractivity contribution is -0.123. The van der Waals surface area contributed by atoms with Gasteiger partial charge in [-0.1, -0.05) is 32.1 Å². The molecule has 2 N–H and O–H groups in total. The minimum atomic E-state index is 0.109. The highest BCUT2D eigenvalue weighted by atomic mass is 16.3. The largest absolute Gasteiger partial charge is 0.508 e. The SMILES string of the molecule is C[C@]12C=CC(=O)C[C@@H]1c1ccc(O)cc1CC2.C[C@]12CCC(=O)C[C@@H]1c1ccc(O)cc1CC2. The first-order chi connectivity index (χ1) is 16.2. The fourth-order valence-electron chi connectivity index (χ4n) is 6.71. The molecular formula is C30H34O4. The Morgan fingerprint density at radius 3 is 2.03 bits per heavy atom. The summed E-state index contributed by atoms with van der Waals surface area (Å²) < 4.78 is 0. The summed E-state index contributed by atoms with van der Waals surface area (Å²) in [5.74, 6) is 1.93. The van der Waals surface area contributed by atoms with Crippen molar-refractivity contribution in [3.8, 4) is 11.5 Å². The third-order valence-corrected chi connectivity index (χ3v) is 9.00. The Morgan fingerprint density at radius 1 is 0.765 bits per heavy atom. The number of hydrogen-bond acceptors (Lipinski definition) is 4. The molecule has 4 aliphatic rings. The van der Waals surface area contributed by atoms with Crippen molar-refractivity contribution in [2.75, 3.05) is 0 Å². The number of fused-ring (bicyclic) bond motifs is 6. The normalized spacial score (nSPS) is 31.4. The molecule has 6 rings (SSSR count). The van der Waals surface area contributed by atoms with Crippen LogP contribution in [-0.2, 0) is 22.4 Å². The van der Waals surface area contributed by atoms with Gasteiger partial charge in [-0.15, -0.1) is 0 Å². The van der Waals surface area contributed by atoms with Crippen LogP contribution < -0.4 is 0 Å². The molecular weight excluding hydrogens is 424 g/mol. The Bertz CT molecular complexity index is 1180. The maximum Gasteiger partial charge on any atom is 0.156 e. The number of phenolic OH excluding ortho intramolecular Hbond substituents is 2. The molecule has 1 saturated carbocycles. The van der Waals surface area contributed by atoms with Gasteiger partial charge >= 0.3 is 0 Å². The van der Waals surface area contributed by atoms with Crippen molar-refractivity contribution in [3.63, 3.8) is 0 Å². The number of carbonyl (C=O) groups is 2. The third-order valence-electron chi connectivity index (χ3n) is 9.00. The second kappa shape index (κ2) is 8.41. The van der Waals surface area contributed by atoms with Crippen LogP contribution in [0.5, 0.6) is 11.5 Å². The van der Waals surface area contributed by atoms with Crippen LogP contribution in [0.2, 0.25) is 0 Å². The van der Waals surface area contributed by atoms with E-state index >= 15 is 0 Å². The van der Waals surface area contributed by atoms with Gasteiger partial charge in [0.25, 0.3) is 0 Å². The zero-order chi connectivity index (χ0) is 24.1. The van der Waals surface area contributed by atoms with E-state index in [1.807, 2.05) is 24.3 Å². The number of rotatable bonds is 0. The van der Waals surface area contributed by atoms with Crippen LogP contribution in [-0.4, -0.2) is 21.8 Å². The number of allylic oxidation sites excluding steroid dienone is 2. The molecule has 34 heavy (non-hydrogen) atoms. The summed E-state index contributed by atoms with van der Waals surface area (Å²) in [7, 11) is 0. The number of aryl methyl sites for hydroxylation is 2. The highest BCUT2D eigenvalue weighted by molar-refractivity contribution is 5.91. The maximum absolute atomic E-state index is 11.7. The van der Waals surface area contributed by atoms with Crippen molar-refractivity contribution >= 4 is 11.6 Å². The average Bonchev–Trinajstić information content (AvgIpc) is 2.81. The zero-order valence-corrected chi connectivity index (χ0v) is 20.1. The van der Waals surface area contributed by atoms with Gasteiger partial charge in [-0.25, -0.2) is 0 Å². The molecule has 178 valence electrons. The van der Waals surface area contributed by atoms with Crippen molar-refractivity contribution in [2.45, 2.75) is 77.0 Å². The van der Waals surface area contributed by atoms with Crippen LogP contribution in [0.15, 0.2) is 48.6 Å². The molecule has 0 spiro atoms. The highest BCUT2D eigenvalue weighted by Crippen LogP contribution is 2.53. The van der Waals surface area contributed by atoms with Gasteiger partial charge in [0, 0.05) is 25.2 Å². The van der Waals surface area contributed by atoms with E-state index < -0.39 is 0 Å². The summed E-state index contributed by atoms with van der Waals surface area (Å²) in [6.07, 6.45) is 11.1. The van der Waals surface area contributed by atoms with Crippen LogP contribution in [0.1, 0.15) is 86.5 Å². The van der Waals surface area contributed by atoms with Crippen molar-refractivity contribution in [3.05, 3.63) is 70.8 Å². The Balaban J connectivity index is 0.000000142. The molecule has 0 radical (unpaired) electrons. The molecule has 4 nitrogen and oxygen atoms in total. The molecule has 0 aliphatic heterocycles. The van der Waals surface area contributed by atoms with Crippen LogP contribution in [0.3, 0.4) is 0 Å². The summed E-state index contributed by atoms with van der Waals surface area (Å²) in [6.45, 7) is 4.55. The van der Waals surface area contributed by atoms with Crippen molar-refractivity contribution in [1.29, 1.82) is 0 Å². The second-order valence-electron chi connectivity index (χ2n) is 11.3. The summed E-state index contributed by atoms with van der Waals surface area (Å²) in [4.78, 5) is 23.3. The lowest BCUT2D eigenvalue weighted by atomic mass is 9.58. The van der Waals surface area contributed by atoms with Gasteiger partial charge in [0.2, 0.25) is 0 Å². The topological polar surface area (TPSA) is 74.6 Å². The minimum absolute atomic E-state index is 0.109. The van der Waals surface area contributed by atoms with E-state index in [4.69, 9.17) is 0 Å². The number of Topliss-reactive ketones (excluding diaryl/α,β-unsaturated/α-hetero) is 1. The molecule has 4 aliphatic carbocycles. The molecule has 2 aromatic rings. The number of aromatic hydroxyl groups is 2. The Hall–Kier alpha value is -2.88. The molecule has 0 amide bonds. The molecule has 1 fully saturated rings. The van der Waals surface area contributed by atoms with Crippen molar-refractivity contribution in [1.82, 2.24) is 0 Å². The molecule has 0 unspecified atom stereocenters. The van der Waals surface area contributed by atoms with E-state index in [0.717, 1.165) is 38.5 Å². The summed E-state index contributed by atoms with van der Waals surface area (Å²) in [5, 5.41) is 19.1. The average molecular weight is 459 g/mol. The number of carbonyl (C=O) groups excluding carboxylic acids is 2. The number of ketones is 2. The summed E-state index contributed by atoms with van der Waals surface area (Å²) >= 11 is 0. The Kier molecular flexibility index (Phi) is 5.66. The van der Waals surface area contributed by atoms with E-state index in [0.29, 0.717) is 36.0 Å². The summed E-state index contributed by atoms with van der Waals surface area (Å²) in [5.41, 5.74) is 5.38. The molecule has 2 aromatic carbocycles. The second-order valence-corrected chi connectivity index (χ2v) is 11.3. The first-order valence-electron chi connectivity index (χ1n) is 12.5. The first-order valence-corrected chi connectivity index (χ1v) is 12.5. The molecule has 4 heteroatoms. The van der Waals surface area contributed by atoms with E-state index in [-0.39, 0.29) is 22.5 Å². The fraction of sp³-hybridized carbons (Fsp3) is 0.467. The number of benzene rings is 2. The quantitative estimate of drug-likeness (QED) is 0.497. The molecule has 0 saturated heterocycles. The van der Waals surface area contributed by atoms with E-state index in [2.05, 4.69) is 19.9 Å². The zero-order valence-electron chi connectivity index (χ0n) is 20.1. The number of hydrogen-bond donors (Lipinski definition) is 2. The fourth-order valence-corrected chi connectivity index (χ4v) is 6.71. The molecule has 0 bridgehead atoms. The van der Waals surface area contributed by atoms with Crippen molar-refractivity contribution in [2.24, 2.45) is 10.8 Å². The van der Waals surface area contributed by atoms with Gasteiger partial charge in [0.1, 0.15) is 17.3 Å². The van der Waals surface area contributed by atoms with E-state index in [1.54, 1.807) is 18.2 Å². The Morgan fingerprint density at radius 2 is 1.35 bits per heavy atom. The van der Waals surface area contributed by atoms with Crippen LogP contribution in [0, 0.1) is 10.8 Å². The van der Waals surface area contributed by atoms with Gasteiger partial charge in [-0.05, 0) is 101 Å². The van der Waals surface area contributed by atoms with Crippen LogP contribution >= 0.6 is 0 Å². The monoisotopic (exact) mass is 458 g/mol. The predicted octanol–water partition coefficient (Wildman–Crippen LogP) is 6.14. The van der Waals surface area contributed by atoms with Crippen molar-refractivity contribution < 1.29 is 19.8 Å². The first kappa shape index (κ1) is 22.9. The van der Waals surface area contributed by atoms with Gasteiger partial charge in [0.05, 0.1) is 0 Å². The number of phenols is 2.